The van der Waals surface area contributed by atoms with Crippen LogP contribution in [-0.2, 0) is 20.1 Å². The number of carbonyl (C=O) groups is 3. The fourth-order valence-corrected chi connectivity index (χ4v) is 6.46. The molecule has 1 aromatic carbocycles. The quantitative estimate of drug-likeness (QED) is 0.156. The molecule has 10 heteroatoms. The maximum atomic E-state index is 14.2. The number of nitrogens with two attached hydrogens (primary N) is 1. The molecule has 222 valence electrons. The number of benzene rings is 1. The summed E-state index contributed by atoms with van der Waals surface area (Å²) in [7, 11) is 0. The molecule has 0 aromatic heterocycles. The van der Waals surface area contributed by atoms with E-state index in [0.717, 1.165) is 31.2 Å². The SMILES string of the molecule is CCCCOC(=O)N[C@@H](C(=O)N1C[C@H](C(=N)N)C[C@H]1C(=O)NCC1CCCCC1)C(C)(C)SCc1ccccc1. The van der Waals surface area contributed by atoms with Crippen LogP contribution in [0.1, 0.15) is 77.7 Å². The molecule has 9 nitrogen and oxygen atoms in total. The van der Waals surface area contributed by atoms with E-state index >= 15 is 0 Å². The Morgan fingerprint density at radius 1 is 1.18 bits per heavy atom. The fraction of sp³-hybridized carbons (Fsp3) is 0.667. The third-order valence-electron chi connectivity index (χ3n) is 8.01. The molecule has 40 heavy (non-hydrogen) atoms. The topological polar surface area (TPSA) is 138 Å². The normalized spacial score (nSPS) is 20.5. The third kappa shape index (κ3) is 9.14. The second-order valence-corrected chi connectivity index (χ2v) is 13.2. The van der Waals surface area contributed by atoms with Crippen LogP contribution < -0.4 is 16.4 Å². The van der Waals surface area contributed by atoms with E-state index < -0.39 is 28.8 Å². The van der Waals surface area contributed by atoms with Gasteiger partial charge in [0.1, 0.15) is 12.1 Å². The summed E-state index contributed by atoms with van der Waals surface area (Å²) in [4.78, 5) is 41.9. The Labute approximate surface area is 243 Å². The van der Waals surface area contributed by atoms with Crippen LogP contribution in [0, 0.1) is 17.2 Å². The van der Waals surface area contributed by atoms with E-state index in [0.29, 0.717) is 24.6 Å². The van der Waals surface area contributed by atoms with Gasteiger partial charge in [-0.05, 0) is 51.0 Å². The number of nitrogens with one attached hydrogen (secondary N) is 3. The minimum Gasteiger partial charge on any atom is -0.450 e. The predicted molar refractivity (Wildman–Crippen MR) is 160 cm³/mol. The number of ether oxygens (including phenoxy) is 1. The molecule has 1 aliphatic heterocycles. The van der Waals surface area contributed by atoms with Crippen LogP contribution >= 0.6 is 11.8 Å². The molecular formula is C30H47N5O4S. The molecule has 3 rings (SSSR count). The molecule has 1 aromatic rings. The maximum Gasteiger partial charge on any atom is 0.407 e. The summed E-state index contributed by atoms with van der Waals surface area (Å²) in [5.74, 6) is 0.0629. The Hall–Kier alpha value is -2.75. The first kappa shape index (κ1) is 31.8. The van der Waals surface area contributed by atoms with Crippen LogP contribution in [0.3, 0.4) is 0 Å². The lowest BCUT2D eigenvalue weighted by Gasteiger charge is -2.37. The van der Waals surface area contributed by atoms with Gasteiger partial charge in [-0.15, -0.1) is 11.8 Å². The van der Waals surface area contributed by atoms with Gasteiger partial charge in [0, 0.05) is 29.5 Å². The molecule has 0 bridgehead atoms. The van der Waals surface area contributed by atoms with Gasteiger partial charge < -0.3 is 26.0 Å². The monoisotopic (exact) mass is 573 g/mol. The fourth-order valence-electron chi connectivity index (χ4n) is 5.40. The molecule has 1 saturated heterocycles. The second-order valence-electron chi connectivity index (χ2n) is 11.6. The lowest BCUT2D eigenvalue weighted by Crippen LogP contribution is -2.60. The van der Waals surface area contributed by atoms with Gasteiger partial charge >= 0.3 is 6.09 Å². The summed E-state index contributed by atoms with van der Waals surface area (Å²) in [5, 5.41) is 13.9. The Bertz CT molecular complexity index is 999. The van der Waals surface area contributed by atoms with Gasteiger partial charge in [0.15, 0.2) is 0 Å². The average molecular weight is 574 g/mol. The van der Waals surface area contributed by atoms with Crippen molar-refractivity contribution in [2.45, 2.75) is 94.7 Å². The zero-order valence-corrected chi connectivity index (χ0v) is 25.1. The Morgan fingerprint density at radius 3 is 2.52 bits per heavy atom. The highest BCUT2D eigenvalue weighted by molar-refractivity contribution is 7.99. The summed E-state index contributed by atoms with van der Waals surface area (Å²) in [6, 6.07) is 8.25. The molecule has 2 fully saturated rings. The summed E-state index contributed by atoms with van der Waals surface area (Å²) in [5.41, 5.74) is 6.96. The van der Waals surface area contributed by atoms with Crippen LogP contribution in [-0.4, -0.2) is 65.2 Å². The van der Waals surface area contributed by atoms with Crippen molar-refractivity contribution in [3.63, 3.8) is 0 Å². The number of nitrogens with zero attached hydrogens (tertiary/aromatic N) is 1. The number of rotatable bonds is 13. The van der Waals surface area contributed by atoms with Crippen LogP contribution in [0.2, 0.25) is 0 Å². The standard InChI is InChI=1S/C30H47N5O4S/c1-4-5-16-39-29(38)34-25(30(2,3)40-20-22-14-10-7-11-15-22)28(37)35-19-23(26(31)32)17-24(35)27(36)33-18-21-12-8-6-9-13-21/h7,10-11,14-15,21,23-25H,4-6,8-9,12-13,16-20H2,1-3H3,(H3,31,32)(H,33,36)(H,34,38)/t23-,24+,25+/m1/s1. The number of amides is 3. The number of carbonyl (C=O) groups excluding carboxylic acids is 3. The first-order chi connectivity index (χ1) is 19.1. The molecule has 1 heterocycles. The lowest BCUT2D eigenvalue weighted by molar-refractivity contribution is -0.140. The number of likely N-dealkylation sites (tertiary alicyclic amines) is 1. The molecule has 3 amide bonds. The zero-order chi connectivity index (χ0) is 29.1. The highest BCUT2D eigenvalue weighted by Crippen LogP contribution is 2.34. The first-order valence-corrected chi connectivity index (χ1v) is 15.6. The molecule has 1 saturated carbocycles. The van der Waals surface area contributed by atoms with E-state index in [1.807, 2.05) is 51.1 Å². The zero-order valence-electron chi connectivity index (χ0n) is 24.2. The average Bonchev–Trinajstić information content (AvgIpc) is 3.41. The number of hydrogen-bond acceptors (Lipinski definition) is 6. The maximum absolute atomic E-state index is 14.2. The Balaban J connectivity index is 1.79. The first-order valence-electron chi connectivity index (χ1n) is 14.7. The molecule has 0 radical (unpaired) electrons. The summed E-state index contributed by atoms with van der Waals surface area (Å²) in [6.45, 7) is 6.88. The second kappa shape index (κ2) is 15.3. The third-order valence-corrected chi connectivity index (χ3v) is 9.46. The van der Waals surface area contributed by atoms with Crippen LogP contribution in [0.25, 0.3) is 0 Å². The van der Waals surface area contributed by atoms with Crippen LogP contribution in [0.5, 0.6) is 0 Å². The van der Waals surface area contributed by atoms with Gasteiger partial charge in [-0.25, -0.2) is 4.79 Å². The van der Waals surface area contributed by atoms with Crippen molar-refractivity contribution in [3.8, 4) is 0 Å². The number of unbranched alkanes of at least 4 members (excludes halogenated alkanes) is 1. The van der Waals surface area contributed by atoms with Gasteiger partial charge in [0.2, 0.25) is 11.8 Å². The van der Waals surface area contributed by atoms with Crippen molar-refractivity contribution < 1.29 is 19.1 Å². The van der Waals surface area contributed by atoms with Gasteiger partial charge in [0.05, 0.1) is 12.4 Å². The molecule has 2 aliphatic rings. The van der Waals surface area contributed by atoms with E-state index in [1.54, 1.807) is 11.8 Å². The van der Waals surface area contributed by atoms with E-state index in [4.69, 9.17) is 15.9 Å². The summed E-state index contributed by atoms with van der Waals surface area (Å²) in [6.07, 6.45) is 7.05. The molecule has 0 spiro atoms. The molecule has 0 unspecified atom stereocenters. The van der Waals surface area contributed by atoms with Crippen molar-refractivity contribution in [1.29, 1.82) is 5.41 Å². The minimum absolute atomic E-state index is 0.0402. The molecular weight excluding hydrogens is 526 g/mol. The van der Waals surface area contributed by atoms with E-state index in [1.165, 1.54) is 24.2 Å². The largest absolute Gasteiger partial charge is 0.450 e. The number of thioether (sulfide) groups is 1. The van der Waals surface area contributed by atoms with Gasteiger partial charge in [-0.1, -0.05) is 62.9 Å². The predicted octanol–water partition coefficient (Wildman–Crippen LogP) is 4.44. The van der Waals surface area contributed by atoms with Crippen molar-refractivity contribution in [3.05, 3.63) is 35.9 Å². The van der Waals surface area contributed by atoms with Crippen molar-refractivity contribution in [2.75, 3.05) is 19.7 Å². The minimum atomic E-state index is -0.949. The summed E-state index contributed by atoms with van der Waals surface area (Å²) < 4.78 is 4.63. The van der Waals surface area contributed by atoms with Gasteiger partial charge in [0.25, 0.3) is 0 Å². The van der Waals surface area contributed by atoms with Crippen molar-refractivity contribution >= 4 is 35.5 Å². The van der Waals surface area contributed by atoms with Gasteiger partial charge in [-0.2, -0.15) is 0 Å². The Kier molecular flexibility index (Phi) is 12.2. The highest BCUT2D eigenvalue weighted by Gasteiger charge is 2.47. The van der Waals surface area contributed by atoms with E-state index in [2.05, 4.69) is 10.6 Å². The number of amidine groups is 1. The van der Waals surface area contributed by atoms with Crippen LogP contribution in [0.15, 0.2) is 30.3 Å². The van der Waals surface area contributed by atoms with Crippen molar-refractivity contribution in [2.24, 2.45) is 17.6 Å². The number of hydrogen-bond donors (Lipinski definition) is 4. The summed E-state index contributed by atoms with van der Waals surface area (Å²) >= 11 is 1.56. The van der Waals surface area contributed by atoms with Crippen molar-refractivity contribution in [1.82, 2.24) is 15.5 Å². The highest BCUT2D eigenvalue weighted by atomic mass is 32.2. The van der Waals surface area contributed by atoms with Gasteiger partial charge in [-0.3, -0.25) is 15.0 Å². The lowest BCUT2D eigenvalue weighted by atomic mass is 9.89. The molecule has 3 atom stereocenters. The number of alkyl carbamates (subject to hydrolysis) is 1. The van der Waals surface area contributed by atoms with Crippen LogP contribution in [0.4, 0.5) is 4.79 Å². The Morgan fingerprint density at radius 2 is 1.88 bits per heavy atom. The van der Waals surface area contributed by atoms with E-state index in [-0.39, 0.29) is 30.8 Å². The molecule has 1 aliphatic carbocycles. The smallest absolute Gasteiger partial charge is 0.407 e. The van der Waals surface area contributed by atoms with E-state index in [9.17, 15) is 14.4 Å². The molecule has 5 N–H and O–H groups in total.